The molecule has 1 atom stereocenters. The Balaban J connectivity index is 2.19. The maximum absolute atomic E-state index is 8.74. The molecule has 0 radical (unpaired) electrons. The number of aliphatic hydroxyl groups is 1. The molecular weight excluding hydrogens is 194 g/mol. The summed E-state index contributed by atoms with van der Waals surface area (Å²) >= 11 is 1.80. The Morgan fingerprint density at radius 1 is 1.57 bits per heavy atom. The van der Waals surface area contributed by atoms with Crippen LogP contribution in [0.2, 0.25) is 0 Å². The van der Waals surface area contributed by atoms with E-state index in [1.807, 2.05) is 0 Å². The van der Waals surface area contributed by atoms with Crippen molar-refractivity contribution in [2.24, 2.45) is 5.92 Å². The second-order valence-corrected chi connectivity index (χ2v) is 4.78. The fourth-order valence-electron chi connectivity index (χ4n) is 1.34. The van der Waals surface area contributed by atoms with Gasteiger partial charge in [0.05, 0.1) is 0 Å². The summed E-state index contributed by atoms with van der Waals surface area (Å²) in [6.45, 7) is 6.53. The monoisotopic (exact) mass is 213 g/mol. The predicted molar refractivity (Wildman–Crippen MR) is 61.6 cm³/mol. The van der Waals surface area contributed by atoms with E-state index in [-0.39, 0.29) is 0 Å². The van der Waals surface area contributed by atoms with E-state index in [4.69, 9.17) is 5.11 Å². The Kier molecular flexibility index (Phi) is 5.15. The minimum absolute atomic E-state index is 0.293. The van der Waals surface area contributed by atoms with Crippen molar-refractivity contribution in [2.45, 2.75) is 26.8 Å². The van der Waals surface area contributed by atoms with Crippen molar-refractivity contribution in [3.63, 3.8) is 0 Å². The number of nitrogens with one attached hydrogen (secondary N) is 1. The molecule has 1 unspecified atom stereocenters. The van der Waals surface area contributed by atoms with Gasteiger partial charge in [-0.05, 0) is 42.8 Å². The topological polar surface area (TPSA) is 32.3 Å². The Labute approximate surface area is 90.0 Å². The van der Waals surface area contributed by atoms with Gasteiger partial charge in [-0.3, -0.25) is 0 Å². The lowest BCUT2D eigenvalue weighted by Crippen LogP contribution is -2.21. The minimum atomic E-state index is 0.293. The van der Waals surface area contributed by atoms with Crippen molar-refractivity contribution in [1.82, 2.24) is 5.32 Å². The first-order valence-electron chi connectivity index (χ1n) is 5.08. The Hall–Kier alpha value is -0.380. The lowest BCUT2D eigenvalue weighted by molar-refractivity contribution is 0.260. The van der Waals surface area contributed by atoms with E-state index in [9.17, 15) is 0 Å². The molecule has 3 heteroatoms. The molecule has 80 valence electrons. The molecule has 0 aliphatic rings. The molecule has 1 heterocycles. The summed E-state index contributed by atoms with van der Waals surface area (Å²) in [6, 6.07) is 2.15. The maximum Gasteiger partial charge on any atom is 0.0434 e. The molecule has 0 saturated carbocycles. The van der Waals surface area contributed by atoms with Gasteiger partial charge in [0, 0.05) is 18.0 Å². The summed E-state index contributed by atoms with van der Waals surface area (Å²) in [4.78, 5) is 1.42. The van der Waals surface area contributed by atoms with Crippen LogP contribution in [0.25, 0.3) is 0 Å². The highest BCUT2D eigenvalue weighted by Crippen LogP contribution is 2.14. The van der Waals surface area contributed by atoms with Gasteiger partial charge in [-0.2, -0.15) is 0 Å². The second-order valence-electron chi connectivity index (χ2n) is 3.78. The summed E-state index contributed by atoms with van der Waals surface area (Å²) in [5.41, 5.74) is 1.37. The Morgan fingerprint density at radius 3 is 2.93 bits per heavy atom. The Morgan fingerprint density at radius 2 is 2.36 bits per heavy atom. The molecule has 0 aliphatic heterocycles. The van der Waals surface area contributed by atoms with E-state index >= 15 is 0 Å². The molecule has 0 spiro atoms. The molecule has 0 aromatic carbocycles. The van der Waals surface area contributed by atoms with E-state index in [1.54, 1.807) is 11.3 Å². The third kappa shape index (κ3) is 3.78. The first-order chi connectivity index (χ1) is 6.74. The number of rotatable bonds is 6. The van der Waals surface area contributed by atoms with Gasteiger partial charge in [-0.25, -0.2) is 0 Å². The zero-order valence-electron chi connectivity index (χ0n) is 8.92. The zero-order chi connectivity index (χ0) is 10.4. The number of aryl methyl sites for hydroxylation is 1. The van der Waals surface area contributed by atoms with Crippen molar-refractivity contribution in [1.29, 1.82) is 0 Å². The molecule has 0 amide bonds. The van der Waals surface area contributed by atoms with Gasteiger partial charge in [0.15, 0.2) is 0 Å². The Bertz CT molecular complexity index is 260. The van der Waals surface area contributed by atoms with E-state index in [0.29, 0.717) is 12.5 Å². The van der Waals surface area contributed by atoms with Crippen LogP contribution in [0.1, 0.15) is 23.8 Å². The first-order valence-corrected chi connectivity index (χ1v) is 5.96. The van der Waals surface area contributed by atoms with Gasteiger partial charge in [0.2, 0.25) is 0 Å². The van der Waals surface area contributed by atoms with Crippen molar-refractivity contribution in [2.75, 3.05) is 13.2 Å². The lowest BCUT2D eigenvalue weighted by Gasteiger charge is -2.10. The average molecular weight is 213 g/mol. The van der Waals surface area contributed by atoms with Gasteiger partial charge >= 0.3 is 0 Å². The van der Waals surface area contributed by atoms with Gasteiger partial charge in [-0.15, -0.1) is 11.3 Å². The molecule has 2 nitrogen and oxygen atoms in total. The van der Waals surface area contributed by atoms with Crippen LogP contribution in [0.4, 0.5) is 0 Å². The molecule has 1 aromatic rings. The van der Waals surface area contributed by atoms with E-state index in [0.717, 1.165) is 19.5 Å². The normalized spacial score (nSPS) is 13.1. The van der Waals surface area contributed by atoms with Crippen LogP contribution in [-0.4, -0.2) is 18.3 Å². The molecule has 0 aliphatic carbocycles. The number of thiophene rings is 1. The van der Waals surface area contributed by atoms with Crippen LogP contribution in [0.5, 0.6) is 0 Å². The van der Waals surface area contributed by atoms with Crippen LogP contribution in [-0.2, 0) is 6.54 Å². The summed E-state index contributed by atoms with van der Waals surface area (Å²) in [5, 5.41) is 14.3. The molecule has 14 heavy (non-hydrogen) atoms. The van der Waals surface area contributed by atoms with Gasteiger partial charge in [0.25, 0.3) is 0 Å². The lowest BCUT2D eigenvalue weighted by atomic mass is 10.1. The van der Waals surface area contributed by atoms with Crippen LogP contribution in [0.15, 0.2) is 11.4 Å². The molecule has 1 aromatic heterocycles. The van der Waals surface area contributed by atoms with Crippen molar-refractivity contribution in [3.05, 3.63) is 21.9 Å². The van der Waals surface area contributed by atoms with Crippen molar-refractivity contribution in [3.8, 4) is 0 Å². The highest BCUT2D eigenvalue weighted by Gasteiger charge is 2.02. The molecule has 0 saturated heterocycles. The van der Waals surface area contributed by atoms with E-state index < -0.39 is 0 Å². The van der Waals surface area contributed by atoms with Crippen molar-refractivity contribution < 1.29 is 5.11 Å². The van der Waals surface area contributed by atoms with Crippen LogP contribution in [0.3, 0.4) is 0 Å². The van der Waals surface area contributed by atoms with Crippen LogP contribution < -0.4 is 5.32 Å². The molecule has 2 N–H and O–H groups in total. The summed E-state index contributed by atoms with van der Waals surface area (Å²) in [7, 11) is 0. The largest absolute Gasteiger partial charge is 0.396 e. The summed E-state index contributed by atoms with van der Waals surface area (Å²) < 4.78 is 0. The van der Waals surface area contributed by atoms with Gasteiger partial charge in [0.1, 0.15) is 0 Å². The van der Waals surface area contributed by atoms with Crippen LogP contribution >= 0.6 is 11.3 Å². The minimum Gasteiger partial charge on any atom is -0.396 e. The molecule has 0 bridgehead atoms. The number of hydrogen-bond acceptors (Lipinski definition) is 3. The van der Waals surface area contributed by atoms with E-state index in [1.165, 1.54) is 10.4 Å². The fraction of sp³-hybridized carbons (Fsp3) is 0.636. The highest BCUT2D eigenvalue weighted by atomic mass is 32.1. The standard InChI is InChI=1S/C11H19NOS/c1-9(3-5-13)7-12-8-11-10(2)4-6-14-11/h4,6,9,12-13H,3,5,7-8H2,1-2H3. The van der Waals surface area contributed by atoms with Gasteiger partial charge < -0.3 is 10.4 Å². The third-order valence-corrected chi connectivity index (χ3v) is 3.39. The number of hydrogen-bond donors (Lipinski definition) is 2. The second kappa shape index (κ2) is 6.17. The molecule has 1 rings (SSSR count). The molecular formula is C11H19NOS. The summed E-state index contributed by atoms with van der Waals surface area (Å²) in [5.74, 6) is 0.556. The highest BCUT2D eigenvalue weighted by molar-refractivity contribution is 7.10. The summed E-state index contributed by atoms with van der Waals surface area (Å²) in [6.07, 6.45) is 0.885. The predicted octanol–water partition coefficient (Wildman–Crippen LogP) is 2.16. The molecule has 0 fully saturated rings. The fourth-order valence-corrected chi connectivity index (χ4v) is 2.22. The quantitative estimate of drug-likeness (QED) is 0.759. The zero-order valence-corrected chi connectivity index (χ0v) is 9.73. The van der Waals surface area contributed by atoms with E-state index in [2.05, 4.69) is 30.6 Å². The number of aliphatic hydroxyl groups excluding tert-OH is 1. The van der Waals surface area contributed by atoms with Gasteiger partial charge in [-0.1, -0.05) is 6.92 Å². The third-order valence-electron chi connectivity index (χ3n) is 2.37. The van der Waals surface area contributed by atoms with Crippen molar-refractivity contribution >= 4 is 11.3 Å². The SMILES string of the molecule is Cc1ccsc1CNCC(C)CCO. The van der Waals surface area contributed by atoms with Crippen LogP contribution in [0, 0.1) is 12.8 Å². The first kappa shape index (κ1) is 11.7. The average Bonchev–Trinajstić information content (AvgIpc) is 2.52. The smallest absolute Gasteiger partial charge is 0.0434 e. The maximum atomic E-state index is 8.74.